The first-order valence-electron chi connectivity index (χ1n) is 4.96. The molecule has 0 fully saturated rings. The summed E-state index contributed by atoms with van der Waals surface area (Å²) in [6.07, 6.45) is 4.38. The van der Waals surface area contributed by atoms with Gasteiger partial charge in [-0.1, -0.05) is 26.8 Å². The van der Waals surface area contributed by atoms with Gasteiger partial charge >= 0.3 is 0 Å². The van der Waals surface area contributed by atoms with Crippen LogP contribution >= 0.6 is 0 Å². The van der Waals surface area contributed by atoms with Crippen LogP contribution in [0.25, 0.3) is 0 Å². The van der Waals surface area contributed by atoms with Gasteiger partial charge < -0.3 is 0 Å². The van der Waals surface area contributed by atoms with Crippen LogP contribution < -0.4 is 0 Å². The second kappa shape index (κ2) is 3.97. The third-order valence-electron chi connectivity index (χ3n) is 1.97. The molecular formula is C12H19NOS. The number of hydrogen-bond donors (Lipinski definition) is 0. The van der Waals surface area contributed by atoms with Crippen LogP contribution in [-0.2, 0) is 15.9 Å². The Hall–Kier alpha value is -0.830. The molecule has 1 aromatic rings. The lowest BCUT2D eigenvalue weighted by Crippen LogP contribution is -2.10. The second-order valence-corrected chi connectivity index (χ2v) is 7.68. The minimum absolute atomic E-state index is 0.251. The van der Waals surface area contributed by atoms with Crippen molar-refractivity contribution in [2.24, 2.45) is 5.41 Å². The van der Waals surface area contributed by atoms with Crippen LogP contribution in [0.2, 0.25) is 0 Å². The summed E-state index contributed by atoms with van der Waals surface area (Å²) >= 11 is 0. The maximum Gasteiger partial charge on any atom is 0.118 e. The van der Waals surface area contributed by atoms with Gasteiger partial charge in [0.05, 0.1) is 0 Å². The highest BCUT2D eigenvalue weighted by molar-refractivity contribution is 7.99. The Balaban J connectivity index is 2.92. The quantitative estimate of drug-likeness (QED) is 0.723. The molecule has 1 rings (SSSR count). The second-order valence-electron chi connectivity index (χ2n) is 5.25. The monoisotopic (exact) mass is 225 g/mol. The predicted octanol–water partition coefficient (Wildman–Crippen LogP) is 2.38. The molecule has 1 unspecified atom stereocenters. The van der Waals surface area contributed by atoms with E-state index in [2.05, 4.69) is 31.6 Å². The molecule has 2 nitrogen and oxygen atoms in total. The lowest BCUT2D eigenvalue weighted by atomic mass is 9.89. The Kier molecular flexibility index (Phi) is 3.24. The predicted molar refractivity (Wildman–Crippen MR) is 66.8 cm³/mol. The molecular weight excluding hydrogens is 206 g/mol. The summed E-state index contributed by atoms with van der Waals surface area (Å²) in [6, 6.07) is 3.80. The molecule has 0 aliphatic heterocycles. The van der Waals surface area contributed by atoms with Gasteiger partial charge in [0.25, 0.3) is 0 Å². The van der Waals surface area contributed by atoms with Crippen molar-refractivity contribution in [1.29, 1.82) is 0 Å². The molecule has 84 valence electrons. The van der Waals surface area contributed by atoms with Crippen molar-refractivity contribution in [2.45, 2.75) is 32.2 Å². The molecule has 0 radical (unpaired) electrons. The number of aromatic nitrogens is 1. The van der Waals surface area contributed by atoms with E-state index in [1.807, 2.05) is 12.1 Å². The number of pyridine rings is 1. The van der Waals surface area contributed by atoms with E-state index in [1.54, 1.807) is 12.5 Å². The minimum Gasteiger partial charge on any atom is -0.262 e. The molecule has 1 aromatic heterocycles. The van der Waals surface area contributed by atoms with E-state index in [0.717, 1.165) is 6.42 Å². The summed E-state index contributed by atoms with van der Waals surface area (Å²) < 4.78 is 11.6. The van der Waals surface area contributed by atoms with Gasteiger partial charge in [0.2, 0.25) is 0 Å². The summed E-state index contributed by atoms with van der Waals surface area (Å²) in [5, 5.41) is 0.583. The zero-order valence-electron chi connectivity index (χ0n) is 9.91. The Morgan fingerprint density at radius 1 is 1.40 bits per heavy atom. The number of hydrogen-bond acceptors (Lipinski definition) is 2. The first-order valence-corrected chi connectivity index (χ1v) is 7.09. The molecule has 1 heterocycles. The summed E-state index contributed by atoms with van der Waals surface area (Å²) in [4.78, 5) is 4.20. The Labute approximate surface area is 92.8 Å². The third kappa shape index (κ3) is 4.04. The largest absolute Gasteiger partial charge is 0.262 e. The molecule has 0 saturated carbocycles. The molecule has 0 N–H and O–H groups in total. The average Bonchev–Trinajstić information content (AvgIpc) is 2.00. The van der Waals surface area contributed by atoms with Gasteiger partial charge in [0.15, 0.2) is 0 Å². The molecule has 0 aromatic carbocycles. The van der Waals surface area contributed by atoms with Gasteiger partial charge in [-0.15, -0.1) is 0 Å². The fraction of sp³-hybridized carbons (Fsp3) is 0.500. The van der Waals surface area contributed by atoms with Gasteiger partial charge in [-0.05, 0) is 29.3 Å². The van der Waals surface area contributed by atoms with Crippen molar-refractivity contribution in [3.8, 4) is 0 Å². The van der Waals surface area contributed by atoms with Crippen LogP contribution in [0.15, 0.2) is 23.4 Å². The zero-order chi connectivity index (χ0) is 11.7. The van der Waals surface area contributed by atoms with Crippen molar-refractivity contribution in [3.05, 3.63) is 23.9 Å². The van der Waals surface area contributed by atoms with Crippen molar-refractivity contribution < 1.29 is 4.21 Å². The zero-order valence-corrected chi connectivity index (χ0v) is 10.7. The third-order valence-corrected chi connectivity index (χ3v) is 3.10. The van der Waals surface area contributed by atoms with Crippen LogP contribution in [0, 0.1) is 5.41 Å². The number of rotatable bonds is 2. The SMILES string of the molecule is C=S(C)(=O)c1ccc(CC(C)(C)C)cn1. The highest BCUT2D eigenvalue weighted by Crippen LogP contribution is 2.20. The molecule has 0 aliphatic carbocycles. The standard InChI is InChI=1S/C12H19NOS/c1-12(2,3)8-10-6-7-11(13-9-10)15(4,5)14/h6-7,9H,4,8H2,1-3,5H3. The Bertz CT molecular complexity index is 424. The van der Waals surface area contributed by atoms with Crippen molar-refractivity contribution >= 4 is 15.4 Å². The van der Waals surface area contributed by atoms with E-state index < -0.39 is 9.52 Å². The molecule has 0 bridgehead atoms. The lowest BCUT2D eigenvalue weighted by Gasteiger charge is -2.17. The molecule has 0 aliphatic rings. The first kappa shape index (κ1) is 12.2. The maximum absolute atomic E-state index is 11.6. The Morgan fingerprint density at radius 2 is 2.00 bits per heavy atom. The van der Waals surface area contributed by atoms with E-state index in [4.69, 9.17) is 0 Å². The van der Waals surface area contributed by atoms with Gasteiger partial charge in [-0.3, -0.25) is 4.21 Å². The normalized spacial score (nSPS) is 16.0. The maximum atomic E-state index is 11.6. The fourth-order valence-electron chi connectivity index (χ4n) is 1.38. The lowest BCUT2D eigenvalue weighted by molar-refractivity contribution is 0.410. The van der Waals surface area contributed by atoms with Crippen molar-refractivity contribution in [1.82, 2.24) is 4.98 Å². The van der Waals surface area contributed by atoms with Crippen LogP contribution in [-0.4, -0.2) is 21.3 Å². The topological polar surface area (TPSA) is 30.0 Å². The van der Waals surface area contributed by atoms with Crippen LogP contribution in [0.5, 0.6) is 0 Å². The summed E-state index contributed by atoms with van der Waals surface area (Å²) in [5.74, 6) is 3.61. The van der Waals surface area contributed by atoms with Gasteiger partial charge in [-0.25, -0.2) is 4.98 Å². The summed E-state index contributed by atoms with van der Waals surface area (Å²) in [6.45, 7) is 6.56. The van der Waals surface area contributed by atoms with Crippen LogP contribution in [0.4, 0.5) is 0 Å². The van der Waals surface area contributed by atoms with E-state index in [1.165, 1.54) is 5.56 Å². The number of nitrogens with zero attached hydrogens (tertiary/aromatic N) is 1. The average molecular weight is 225 g/mol. The highest BCUT2D eigenvalue weighted by Gasteiger charge is 2.11. The highest BCUT2D eigenvalue weighted by atomic mass is 32.2. The molecule has 3 heteroatoms. The molecule has 0 amide bonds. The van der Waals surface area contributed by atoms with Gasteiger partial charge in [-0.2, -0.15) is 0 Å². The summed E-state index contributed by atoms with van der Waals surface area (Å²) in [5.41, 5.74) is 1.43. The molecule has 1 atom stereocenters. The van der Waals surface area contributed by atoms with Crippen LogP contribution in [0.3, 0.4) is 0 Å². The molecule has 15 heavy (non-hydrogen) atoms. The van der Waals surface area contributed by atoms with Gasteiger partial charge in [0, 0.05) is 22.0 Å². The van der Waals surface area contributed by atoms with E-state index in [-0.39, 0.29) is 5.41 Å². The van der Waals surface area contributed by atoms with E-state index in [0.29, 0.717) is 5.03 Å². The summed E-state index contributed by atoms with van der Waals surface area (Å²) in [7, 11) is -2.17. The Morgan fingerprint density at radius 3 is 2.33 bits per heavy atom. The smallest absolute Gasteiger partial charge is 0.118 e. The van der Waals surface area contributed by atoms with Gasteiger partial charge in [0.1, 0.15) is 5.03 Å². The fourth-order valence-corrected chi connectivity index (χ4v) is 2.01. The molecule has 0 saturated heterocycles. The van der Waals surface area contributed by atoms with Crippen LogP contribution in [0.1, 0.15) is 26.3 Å². The van der Waals surface area contributed by atoms with E-state index >= 15 is 0 Å². The first-order chi connectivity index (χ1) is 6.68. The van der Waals surface area contributed by atoms with Crippen molar-refractivity contribution in [3.63, 3.8) is 0 Å². The molecule has 0 spiro atoms. The van der Waals surface area contributed by atoms with E-state index in [9.17, 15) is 4.21 Å². The minimum atomic E-state index is -2.17. The van der Waals surface area contributed by atoms with Crippen molar-refractivity contribution in [2.75, 3.05) is 6.26 Å².